The molecule has 1 N–H and O–H groups in total. The Balaban J connectivity index is 0. The van der Waals surface area contributed by atoms with Crippen LogP contribution in [0.15, 0.2) is 24.3 Å². The van der Waals surface area contributed by atoms with Crippen LogP contribution in [0.4, 0.5) is 0 Å². The van der Waals surface area contributed by atoms with Crippen molar-refractivity contribution in [1.82, 2.24) is 4.90 Å². The summed E-state index contributed by atoms with van der Waals surface area (Å²) in [7, 11) is 5.70. The molecule has 0 aliphatic carbocycles. The quantitative estimate of drug-likeness (QED) is 0.875. The van der Waals surface area contributed by atoms with Crippen molar-refractivity contribution in [3.8, 4) is 5.75 Å². The molecular weight excluding hydrogens is 270 g/mol. The Hall–Kier alpha value is -0.710. The highest BCUT2D eigenvalue weighted by atomic mass is 32.1. The van der Waals surface area contributed by atoms with Crippen molar-refractivity contribution in [3.05, 3.63) is 29.8 Å². The molecule has 118 valence electrons. The predicted octanol–water partition coefficient (Wildman–Crippen LogP) is 3.24. The van der Waals surface area contributed by atoms with Gasteiger partial charge in [-0.1, -0.05) is 33.4 Å². The number of ether oxygens (including phenoxy) is 1. The van der Waals surface area contributed by atoms with E-state index in [0.29, 0.717) is 6.42 Å². The number of nitrogens with zero attached hydrogens (tertiary/aromatic N) is 1. The van der Waals surface area contributed by atoms with Crippen molar-refractivity contribution in [1.29, 1.82) is 0 Å². The number of hydrogen-bond donors (Lipinski definition) is 1. The van der Waals surface area contributed by atoms with Gasteiger partial charge in [-0.15, -0.1) is 0 Å². The van der Waals surface area contributed by atoms with Crippen LogP contribution in [0.1, 0.15) is 33.3 Å². The third-order valence-corrected chi connectivity index (χ3v) is 3.56. The lowest BCUT2D eigenvalue weighted by Gasteiger charge is -2.35. The first-order chi connectivity index (χ1) is 8.43. The summed E-state index contributed by atoms with van der Waals surface area (Å²) >= 11 is 0. The van der Waals surface area contributed by atoms with E-state index in [1.54, 1.807) is 7.11 Å². The van der Waals surface area contributed by atoms with Crippen LogP contribution in [0.25, 0.3) is 0 Å². The molecule has 4 heteroatoms. The smallest absolute Gasteiger partial charge is 0.119 e. The fraction of sp³-hybridized carbons (Fsp3) is 0.625. The maximum Gasteiger partial charge on any atom is 0.119 e. The zero-order valence-electron chi connectivity index (χ0n) is 12.6. The Morgan fingerprint density at radius 2 is 1.95 bits per heavy atom. The minimum Gasteiger partial charge on any atom is -0.497 e. The normalized spacial score (nSPS) is 14.8. The van der Waals surface area contributed by atoms with E-state index in [9.17, 15) is 5.11 Å². The Bertz CT molecular complexity index is 384. The topological polar surface area (TPSA) is 32.7 Å². The maximum atomic E-state index is 10.9. The highest BCUT2D eigenvalue weighted by Gasteiger charge is 2.34. The van der Waals surface area contributed by atoms with Gasteiger partial charge in [-0.2, -0.15) is 13.5 Å². The van der Waals surface area contributed by atoms with E-state index in [1.165, 1.54) is 0 Å². The van der Waals surface area contributed by atoms with E-state index < -0.39 is 5.60 Å². The summed E-state index contributed by atoms with van der Waals surface area (Å²) in [5, 5.41) is 10.9. The van der Waals surface area contributed by atoms with Gasteiger partial charge in [-0.3, -0.25) is 0 Å². The maximum absolute atomic E-state index is 10.9. The van der Waals surface area contributed by atoms with Crippen molar-refractivity contribution in [3.63, 3.8) is 0 Å². The summed E-state index contributed by atoms with van der Waals surface area (Å²) in [4.78, 5) is 2.10. The predicted molar refractivity (Wildman–Crippen MR) is 92.0 cm³/mol. The van der Waals surface area contributed by atoms with E-state index >= 15 is 0 Å². The Kier molecular flexibility index (Phi) is 10.0. The second-order valence-corrected chi connectivity index (χ2v) is 5.17. The van der Waals surface area contributed by atoms with Gasteiger partial charge in [-0.25, -0.2) is 0 Å². The van der Waals surface area contributed by atoms with Crippen molar-refractivity contribution in [2.45, 2.75) is 33.3 Å². The summed E-state index contributed by atoms with van der Waals surface area (Å²) < 4.78 is 5.23. The minimum atomic E-state index is -0.807. The molecule has 0 unspecified atom stereocenters. The molecule has 0 bridgehead atoms. The van der Waals surface area contributed by atoms with Gasteiger partial charge in [-0.05, 0) is 38.2 Å². The van der Waals surface area contributed by atoms with Crippen LogP contribution in [0.3, 0.4) is 0 Å². The highest BCUT2D eigenvalue weighted by Crippen LogP contribution is 2.34. The van der Waals surface area contributed by atoms with Crippen LogP contribution >= 0.6 is 13.5 Å². The molecule has 0 spiro atoms. The monoisotopic (exact) mass is 301 g/mol. The summed E-state index contributed by atoms with van der Waals surface area (Å²) in [6.07, 6.45) is 0.690. The van der Waals surface area contributed by atoms with Crippen molar-refractivity contribution in [2.75, 3.05) is 27.7 Å². The van der Waals surface area contributed by atoms with Crippen LogP contribution in [-0.4, -0.2) is 37.8 Å². The molecule has 1 aromatic carbocycles. The van der Waals surface area contributed by atoms with E-state index in [-0.39, 0.29) is 26.8 Å². The Labute approximate surface area is 131 Å². The first-order valence-corrected chi connectivity index (χ1v) is 6.45. The molecule has 0 aliphatic rings. The lowest BCUT2D eigenvalue weighted by Crippen LogP contribution is -2.38. The molecular formula is C16H31NO2S. The fourth-order valence-corrected chi connectivity index (χ4v) is 2.43. The first-order valence-electron chi connectivity index (χ1n) is 6.45. The molecule has 1 rings (SSSR count). The van der Waals surface area contributed by atoms with Crippen LogP contribution in [0, 0.1) is 5.92 Å². The van der Waals surface area contributed by atoms with Gasteiger partial charge in [0, 0.05) is 12.5 Å². The van der Waals surface area contributed by atoms with Gasteiger partial charge in [0.1, 0.15) is 5.75 Å². The van der Waals surface area contributed by atoms with Crippen LogP contribution in [-0.2, 0) is 5.60 Å². The molecule has 0 heterocycles. The molecule has 0 radical (unpaired) electrons. The average molecular weight is 301 g/mol. The van der Waals surface area contributed by atoms with Gasteiger partial charge in [0.15, 0.2) is 0 Å². The molecule has 0 amide bonds. The third-order valence-electron chi connectivity index (χ3n) is 3.56. The first kappa shape index (κ1) is 21.6. The minimum absolute atomic E-state index is 0. The molecule has 0 aromatic heterocycles. The molecule has 3 nitrogen and oxygen atoms in total. The number of hydrogen-bond acceptors (Lipinski definition) is 3. The van der Waals surface area contributed by atoms with Crippen LogP contribution in [0.5, 0.6) is 5.75 Å². The summed E-state index contributed by atoms with van der Waals surface area (Å²) in [6, 6.07) is 7.72. The zero-order valence-corrected chi connectivity index (χ0v) is 13.6. The fourth-order valence-electron chi connectivity index (χ4n) is 2.43. The summed E-state index contributed by atoms with van der Waals surface area (Å²) in [6.45, 7) is 4.95. The number of benzene rings is 1. The largest absolute Gasteiger partial charge is 0.497 e. The SMILES string of the molecule is C.CC[C@](O)(c1cccc(OC)c1)[C@@H](C)CN(C)C.S. The molecule has 0 aliphatic heterocycles. The second-order valence-electron chi connectivity index (χ2n) is 5.17. The molecule has 2 atom stereocenters. The molecule has 0 saturated carbocycles. The summed E-state index contributed by atoms with van der Waals surface area (Å²) in [5.41, 5.74) is 0.123. The molecule has 20 heavy (non-hydrogen) atoms. The average Bonchev–Trinajstić information content (AvgIpc) is 2.37. The van der Waals surface area contributed by atoms with Crippen molar-refractivity contribution >= 4 is 13.5 Å². The van der Waals surface area contributed by atoms with E-state index in [4.69, 9.17) is 4.74 Å². The van der Waals surface area contributed by atoms with E-state index in [1.807, 2.05) is 45.3 Å². The van der Waals surface area contributed by atoms with Gasteiger partial charge >= 0.3 is 0 Å². The van der Waals surface area contributed by atoms with Crippen molar-refractivity contribution in [2.24, 2.45) is 5.92 Å². The molecule has 0 fully saturated rings. The van der Waals surface area contributed by atoms with E-state index in [0.717, 1.165) is 17.9 Å². The van der Waals surface area contributed by atoms with Crippen LogP contribution < -0.4 is 4.74 Å². The Morgan fingerprint density at radius 3 is 2.40 bits per heavy atom. The second kappa shape index (κ2) is 9.27. The zero-order chi connectivity index (χ0) is 13.8. The summed E-state index contributed by atoms with van der Waals surface area (Å²) in [5.74, 6) is 0.945. The molecule has 1 aromatic rings. The lowest BCUT2D eigenvalue weighted by molar-refractivity contribution is -0.0293. The van der Waals surface area contributed by atoms with Crippen LogP contribution in [0.2, 0.25) is 0 Å². The van der Waals surface area contributed by atoms with E-state index in [2.05, 4.69) is 11.8 Å². The highest BCUT2D eigenvalue weighted by molar-refractivity contribution is 7.59. The third kappa shape index (κ3) is 5.00. The Morgan fingerprint density at radius 1 is 1.35 bits per heavy atom. The molecule has 0 saturated heterocycles. The van der Waals surface area contributed by atoms with Gasteiger partial charge in [0.25, 0.3) is 0 Å². The van der Waals surface area contributed by atoms with Gasteiger partial charge in [0.05, 0.1) is 12.7 Å². The number of rotatable bonds is 6. The lowest BCUT2D eigenvalue weighted by atomic mass is 9.80. The number of aliphatic hydroxyl groups is 1. The van der Waals surface area contributed by atoms with Crippen molar-refractivity contribution < 1.29 is 9.84 Å². The standard InChI is InChI=1S/C15H25NO2.CH4.H2S/c1-6-15(17,12(2)11-16(3)4)13-8-7-9-14(10-13)18-5;;/h7-10,12,17H,6,11H2,1-5H3;1H4;1H2/t12-,15+;;/m0../s1. The van der Waals surface area contributed by atoms with Gasteiger partial charge < -0.3 is 14.7 Å². The number of methoxy groups -OCH3 is 1. The van der Waals surface area contributed by atoms with Gasteiger partial charge in [0.2, 0.25) is 0 Å².